The second kappa shape index (κ2) is 11.1. The van der Waals surface area contributed by atoms with E-state index < -0.39 is 0 Å². The van der Waals surface area contributed by atoms with E-state index >= 15 is 0 Å². The lowest BCUT2D eigenvalue weighted by molar-refractivity contribution is -0.127. The Morgan fingerprint density at radius 3 is 2.39 bits per heavy atom. The summed E-state index contributed by atoms with van der Waals surface area (Å²) in [6, 6.07) is 16.8. The van der Waals surface area contributed by atoms with Crippen molar-refractivity contribution in [2.45, 2.75) is 23.8 Å². The van der Waals surface area contributed by atoms with Gasteiger partial charge in [-0.15, -0.1) is 24.2 Å². The largest absolute Gasteiger partial charge is 0.350 e. The lowest BCUT2D eigenvalue weighted by atomic mass is 10.1. The normalized spacial score (nSPS) is 14.2. The first-order valence-electron chi connectivity index (χ1n) is 9.23. The Morgan fingerprint density at radius 2 is 1.68 bits per heavy atom. The maximum absolute atomic E-state index is 12.6. The molecule has 28 heavy (non-hydrogen) atoms. The number of rotatable bonds is 7. The van der Waals surface area contributed by atoms with Crippen molar-refractivity contribution in [3.05, 3.63) is 65.7 Å². The molecule has 0 saturated carbocycles. The van der Waals surface area contributed by atoms with Crippen LogP contribution in [0, 0.1) is 0 Å². The van der Waals surface area contributed by atoms with Gasteiger partial charge in [0.1, 0.15) is 0 Å². The number of amides is 2. The minimum atomic E-state index is -0.258. The molecule has 1 aliphatic rings. The predicted molar refractivity (Wildman–Crippen MR) is 116 cm³/mol. The third-order valence-corrected chi connectivity index (χ3v) is 5.71. The molecule has 2 aromatic rings. The molecule has 3 N–H and O–H groups in total. The molecule has 0 aliphatic carbocycles. The van der Waals surface area contributed by atoms with E-state index in [1.165, 1.54) is 11.8 Å². The van der Waals surface area contributed by atoms with Crippen LogP contribution >= 0.6 is 24.2 Å². The summed E-state index contributed by atoms with van der Waals surface area (Å²) in [4.78, 5) is 27.6. The Labute approximate surface area is 176 Å². The minimum Gasteiger partial charge on any atom is -0.350 e. The standard InChI is InChI=1S/C21H25N3O2S.ClH/c22-18(16-8-2-1-3-9-16)14-23-21(26)17-10-4-5-11-19(17)27-15-20(25)24-12-6-7-13-24;/h1-5,8-11,18H,6-7,12-15,22H2,(H,23,26);1H. The van der Waals surface area contributed by atoms with Crippen molar-refractivity contribution in [3.63, 3.8) is 0 Å². The summed E-state index contributed by atoms with van der Waals surface area (Å²) >= 11 is 1.42. The Morgan fingerprint density at radius 1 is 1.04 bits per heavy atom. The van der Waals surface area contributed by atoms with Crippen LogP contribution in [0.15, 0.2) is 59.5 Å². The highest BCUT2D eigenvalue weighted by molar-refractivity contribution is 8.00. The van der Waals surface area contributed by atoms with Crippen LogP contribution in [-0.4, -0.2) is 42.1 Å². The van der Waals surface area contributed by atoms with Gasteiger partial charge in [0.15, 0.2) is 0 Å². The molecule has 2 amide bonds. The maximum atomic E-state index is 12.6. The second-order valence-electron chi connectivity index (χ2n) is 6.60. The number of hydrogen-bond acceptors (Lipinski definition) is 4. The molecule has 0 aromatic heterocycles. The van der Waals surface area contributed by atoms with Crippen molar-refractivity contribution in [3.8, 4) is 0 Å². The van der Waals surface area contributed by atoms with E-state index in [2.05, 4.69) is 5.32 Å². The third-order valence-electron chi connectivity index (χ3n) is 4.65. The number of nitrogens with two attached hydrogens (primary N) is 1. The molecule has 1 heterocycles. The molecule has 1 fully saturated rings. The van der Waals surface area contributed by atoms with Gasteiger partial charge in [-0.2, -0.15) is 0 Å². The van der Waals surface area contributed by atoms with Gasteiger partial charge in [0.2, 0.25) is 5.91 Å². The maximum Gasteiger partial charge on any atom is 0.252 e. The van der Waals surface area contributed by atoms with Crippen LogP contribution < -0.4 is 11.1 Å². The van der Waals surface area contributed by atoms with Gasteiger partial charge >= 0.3 is 0 Å². The highest BCUT2D eigenvalue weighted by Crippen LogP contribution is 2.24. The Hall–Kier alpha value is -2.02. The number of hydrogen-bond donors (Lipinski definition) is 2. The van der Waals surface area contributed by atoms with Crippen molar-refractivity contribution in [2.75, 3.05) is 25.4 Å². The molecule has 1 saturated heterocycles. The van der Waals surface area contributed by atoms with Crippen molar-refractivity contribution in [2.24, 2.45) is 5.73 Å². The van der Waals surface area contributed by atoms with Gasteiger partial charge in [-0.1, -0.05) is 42.5 Å². The molecular weight excluding hydrogens is 394 g/mol. The van der Waals surface area contributed by atoms with Crippen LogP contribution in [0.1, 0.15) is 34.8 Å². The molecule has 5 nitrogen and oxygen atoms in total. The zero-order chi connectivity index (χ0) is 19.1. The highest BCUT2D eigenvalue weighted by Gasteiger charge is 2.19. The van der Waals surface area contributed by atoms with E-state index in [1.54, 1.807) is 6.07 Å². The molecule has 1 aliphatic heterocycles. The first kappa shape index (κ1) is 22.3. The van der Waals surface area contributed by atoms with Crippen molar-refractivity contribution in [1.29, 1.82) is 0 Å². The fourth-order valence-electron chi connectivity index (χ4n) is 3.09. The zero-order valence-electron chi connectivity index (χ0n) is 15.7. The molecule has 7 heteroatoms. The van der Waals surface area contributed by atoms with E-state index in [4.69, 9.17) is 5.73 Å². The SMILES string of the molecule is Cl.NC(CNC(=O)c1ccccc1SCC(=O)N1CCCC1)c1ccccc1. The average Bonchev–Trinajstić information content (AvgIpc) is 3.26. The topological polar surface area (TPSA) is 75.4 Å². The second-order valence-corrected chi connectivity index (χ2v) is 7.62. The fourth-order valence-corrected chi connectivity index (χ4v) is 4.05. The van der Waals surface area contributed by atoms with Crippen molar-refractivity contribution >= 4 is 36.0 Å². The van der Waals surface area contributed by atoms with Crippen molar-refractivity contribution < 1.29 is 9.59 Å². The summed E-state index contributed by atoms with van der Waals surface area (Å²) in [7, 11) is 0. The number of thioether (sulfide) groups is 1. The van der Waals surface area contributed by atoms with Gasteiger partial charge in [-0.3, -0.25) is 9.59 Å². The summed E-state index contributed by atoms with van der Waals surface area (Å²) in [5.41, 5.74) is 7.72. The van der Waals surface area contributed by atoms with Crippen LogP contribution in [0.4, 0.5) is 0 Å². The zero-order valence-corrected chi connectivity index (χ0v) is 17.3. The van der Waals surface area contributed by atoms with Gasteiger partial charge in [0.05, 0.1) is 11.3 Å². The molecule has 2 aromatic carbocycles. The van der Waals surface area contributed by atoms with E-state index in [1.807, 2.05) is 53.4 Å². The van der Waals surface area contributed by atoms with Crippen LogP contribution in [-0.2, 0) is 4.79 Å². The number of likely N-dealkylation sites (tertiary alicyclic amines) is 1. The van der Waals surface area contributed by atoms with Crippen LogP contribution in [0.2, 0.25) is 0 Å². The van der Waals surface area contributed by atoms with Crippen molar-refractivity contribution in [1.82, 2.24) is 10.2 Å². The summed E-state index contributed by atoms with van der Waals surface area (Å²) in [5, 5.41) is 2.91. The van der Waals surface area contributed by atoms with E-state index in [0.717, 1.165) is 36.4 Å². The lowest BCUT2D eigenvalue weighted by Crippen LogP contribution is -2.32. The molecule has 150 valence electrons. The summed E-state index contributed by atoms with van der Waals surface area (Å²) in [5.74, 6) is 0.324. The number of carbonyl (C=O) groups excluding carboxylic acids is 2. The Balaban J connectivity index is 0.00000280. The lowest BCUT2D eigenvalue weighted by Gasteiger charge is -2.16. The number of carbonyl (C=O) groups is 2. The third kappa shape index (κ3) is 5.99. The number of nitrogens with zero attached hydrogens (tertiary/aromatic N) is 1. The van der Waals surface area contributed by atoms with E-state index in [9.17, 15) is 9.59 Å². The first-order valence-corrected chi connectivity index (χ1v) is 10.2. The molecular formula is C21H26ClN3O2S. The van der Waals surface area contributed by atoms with E-state index in [-0.39, 0.29) is 30.3 Å². The van der Waals surface area contributed by atoms with Gasteiger partial charge in [0, 0.05) is 30.6 Å². The number of halogens is 1. The molecule has 0 spiro atoms. The minimum absolute atomic E-state index is 0. The summed E-state index contributed by atoms with van der Waals surface area (Å²) in [6.45, 7) is 2.05. The fraction of sp³-hybridized carbons (Fsp3) is 0.333. The van der Waals surface area contributed by atoms with Gasteiger partial charge in [-0.25, -0.2) is 0 Å². The summed E-state index contributed by atoms with van der Waals surface area (Å²) in [6.07, 6.45) is 2.16. The van der Waals surface area contributed by atoms with E-state index in [0.29, 0.717) is 17.9 Å². The first-order chi connectivity index (χ1) is 13.1. The quantitative estimate of drug-likeness (QED) is 0.675. The van der Waals surface area contributed by atoms with Gasteiger partial charge in [0.25, 0.3) is 5.91 Å². The highest BCUT2D eigenvalue weighted by atomic mass is 35.5. The molecule has 0 radical (unpaired) electrons. The van der Waals surface area contributed by atoms with Crippen LogP contribution in [0.3, 0.4) is 0 Å². The number of nitrogens with one attached hydrogen (secondary N) is 1. The Kier molecular flexibility index (Phi) is 8.83. The monoisotopic (exact) mass is 419 g/mol. The average molecular weight is 420 g/mol. The summed E-state index contributed by atoms with van der Waals surface area (Å²) < 4.78 is 0. The molecule has 3 rings (SSSR count). The molecule has 1 atom stereocenters. The van der Waals surface area contributed by atoms with Crippen LogP contribution in [0.25, 0.3) is 0 Å². The molecule has 0 bridgehead atoms. The predicted octanol–water partition coefficient (Wildman–Crippen LogP) is 3.25. The van der Waals surface area contributed by atoms with Gasteiger partial charge < -0.3 is 16.0 Å². The smallest absolute Gasteiger partial charge is 0.252 e. The Bertz CT molecular complexity index is 782. The molecule has 1 unspecified atom stereocenters. The van der Waals surface area contributed by atoms with Crippen LogP contribution in [0.5, 0.6) is 0 Å². The number of benzene rings is 2. The van der Waals surface area contributed by atoms with Gasteiger partial charge in [-0.05, 0) is 30.5 Å².